The lowest BCUT2D eigenvalue weighted by atomic mass is 9.92. The number of nitrogens with one attached hydrogen (secondary N) is 2. The van der Waals surface area contributed by atoms with Crippen molar-refractivity contribution < 1.29 is 9.32 Å². The van der Waals surface area contributed by atoms with E-state index in [4.69, 9.17) is 10.3 Å². The first kappa shape index (κ1) is 22.0. The van der Waals surface area contributed by atoms with Crippen LogP contribution in [0, 0.1) is 0 Å². The highest BCUT2D eigenvalue weighted by Gasteiger charge is 2.28. The largest absolute Gasteiger partial charge is 0.383 e. The van der Waals surface area contributed by atoms with Gasteiger partial charge in [-0.25, -0.2) is 14.8 Å². The van der Waals surface area contributed by atoms with Crippen LogP contribution in [0.15, 0.2) is 53.7 Å². The third-order valence-electron chi connectivity index (χ3n) is 6.45. The number of fused-ring (bicyclic) bond motifs is 2. The summed E-state index contributed by atoms with van der Waals surface area (Å²) in [6, 6.07) is 7.49. The molecule has 10 nitrogen and oxygen atoms in total. The molecule has 1 aliphatic carbocycles. The Bertz CT molecular complexity index is 1620. The lowest BCUT2D eigenvalue weighted by Gasteiger charge is -2.13. The Morgan fingerprint density at radius 1 is 1.11 bits per heavy atom. The predicted molar refractivity (Wildman–Crippen MR) is 139 cm³/mol. The zero-order chi connectivity index (χ0) is 25.0. The van der Waals surface area contributed by atoms with Gasteiger partial charge in [-0.15, -0.1) is 0 Å². The summed E-state index contributed by atoms with van der Waals surface area (Å²) in [5.74, 6) is 0.722. The summed E-state index contributed by atoms with van der Waals surface area (Å²) in [5.41, 5.74) is 10.3. The van der Waals surface area contributed by atoms with E-state index in [0.717, 1.165) is 51.5 Å². The monoisotopic (exact) mass is 482 g/mol. The predicted octanol–water partition coefficient (Wildman–Crippen LogP) is 5.49. The fraction of sp³-hybridized carbons (Fsp3) is 0.269. The Labute approximate surface area is 206 Å². The Kier molecular flexibility index (Phi) is 4.92. The first-order chi connectivity index (χ1) is 17.3. The Morgan fingerprint density at radius 3 is 2.69 bits per heavy atom. The second kappa shape index (κ2) is 8.04. The molecule has 1 fully saturated rings. The van der Waals surface area contributed by atoms with Gasteiger partial charge in [-0.05, 0) is 35.9 Å². The number of rotatable bonds is 4. The van der Waals surface area contributed by atoms with Crippen LogP contribution in [0.3, 0.4) is 0 Å². The number of nitrogens with zero attached hydrogens (tertiary/aromatic N) is 5. The van der Waals surface area contributed by atoms with Crippen molar-refractivity contribution in [2.75, 3.05) is 16.4 Å². The molecule has 0 bridgehead atoms. The number of amides is 2. The molecule has 4 heterocycles. The molecule has 1 aliphatic rings. The van der Waals surface area contributed by atoms with E-state index in [1.807, 2.05) is 39.0 Å². The van der Waals surface area contributed by atoms with Crippen molar-refractivity contribution in [2.45, 2.75) is 45.1 Å². The summed E-state index contributed by atoms with van der Waals surface area (Å²) in [6.07, 6.45) is 9.33. The number of hydrogen-bond donors (Lipinski definition) is 3. The summed E-state index contributed by atoms with van der Waals surface area (Å²) in [7, 11) is 0. The molecule has 36 heavy (non-hydrogen) atoms. The quantitative estimate of drug-likeness (QED) is 0.308. The maximum atomic E-state index is 12.8. The molecule has 0 atom stereocenters. The maximum absolute atomic E-state index is 12.8. The number of nitrogens with two attached hydrogens (primary N) is 1. The molecule has 6 rings (SSSR count). The molecule has 10 heteroatoms. The molecule has 4 N–H and O–H groups in total. The van der Waals surface area contributed by atoms with Gasteiger partial charge in [0, 0.05) is 47.1 Å². The lowest BCUT2D eigenvalue weighted by molar-refractivity contribution is 0.261. The molecule has 1 saturated carbocycles. The minimum Gasteiger partial charge on any atom is -0.383 e. The number of urea groups is 1. The molecular weight excluding hydrogens is 456 g/mol. The van der Waals surface area contributed by atoms with Crippen molar-refractivity contribution in [3.05, 3.63) is 54.9 Å². The van der Waals surface area contributed by atoms with Crippen molar-refractivity contribution in [3.8, 4) is 11.1 Å². The van der Waals surface area contributed by atoms with Crippen LogP contribution in [0.5, 0.6) is 0 Å². The third-order valence-corrected chi connectivity index (χ3v) is 6.45. The summed E-state index contributed by atoms with van der Waals surface area (Å²) in [6.45, 7) is 6.07. The topological polar surface area (TPSA) is 137 Å². The second-order valence-corrected chi connectivity index (χ2v) is 10.1. The van der Waals surface area contributed by atoms with Crippen molar-refractivity contribution >= 4 is 45.2 Å². The number of hydrogen-bond acceptors (Lipinski definition) is 7. The van der Waals surface area contributed by atoms with Crippen LogP contribution in [0.2, 0.25) is 0 Å². The minimum absolute atomic E-state index is 0.186. The molecule has 5 aromatic rings. The van der Waals surface area contributed by atoms with E-state index >= 15 is 0 Å². The molecule has 0 aliphatic heterocycles. The zero-order valence-electron chi connectivity index (χ0n) is 20.2. The molecule has 4 aromatic heterocycles. The minimum atomic E-state index is -0.438. The van der Waals surface area contributed by atoms with Crippen LogP contribution >= 0.6 is 0 Å². The SMILES string of the molecule is CC(C)(C)c1cc(NC(=O)Nc2ccc(-c3cn(C4CC4)c4ncnc(N)c34)c3ccncc23)on1. The number of aromatic nitrogens is 5. The standard InChI is InChI=1S/C26H26N8O2/c1-26(2,3)20-10-21(36-33-20)32-25(35)31-19-7-6-15(16-8-9-28-11-17(16)19)18-12-34(14-4-5-14)24-22(18)23(27)29-13-30-24/h6-14H,4-5H2,1-3H3,(H2,27,29,30)(H2,31,32,35). The highest BCUT2D eigenvalue weighted by atomic mass is 16.5. The van der Waals surface area contributed by atoms with Crippen molar-refractivity contribution in [1.82, 2.24) is 24.7 Å². The molecule has 182 valence electrons. The van der Waals surface area contributed by atoms with Gasteiger partial charge >= 0.3 is 6.03 Å². The van der Waals surface area contributed by atoms with Gasteiger partial charge in [-0.2, -0.15) is 0 Å². The van der Waals surface area contributed by atoms with Crippen molar-refractivity contribution in [2.24, 2.45) is 0 Å². The highest BCUT2D eigenvalue weighted by molar-refractivity contribution is 6.12. The van der Waals surface area contributed by atoms with Gasteiger partial charge < -0.3 is 20.1 Å². The van der Waals surface area contributed by atoms with Crippen LogP contribution in [-0.4, -0.2) is 30.7 Å². The molecule has 1 aromatic carbocycles. The van der Waals surface area contributed by atoms with Gasteiger partial charge in [0.15, 0.2) is 0 Å². The molecular formula is C26H26N8O2. The summed E-state index contributed by atoms with van der Waals surface area (Å²) in [5, 5.41) is 12.2. The van der Waals surface area contributed by atoms with Gasteiger partial charge in [0.05, 0.1) is 16.8 Å². The van der Waals surface area contributed by atoms with Crippen molar-refractivity contribution in [3.63, 3.8) is 0 Å². The maximum Gasteiger partial charge on any atom is 0.326 e. The van der Waals surface area contributed by atoms with Crippen LogP contribution in [-0.2, 0) is 5.41 Å². The summed E-state index contributed by atoms with van der Waals surface area (Å²) in [4.78, 5) is 25.8. The van der Waals surface area contributed by atoms with E-state index in [1.165, 1.54) is 6.33 Å². The average molecular weight is 483 g/mol. The van der Waals surface area contributed by atoms with Gasteiger partial charge in [-0.3, -0.25) is 10.3 Å². The normalized spacial score (nSPS) is 13.9. The fourth-order valence-corrected chi connectivity index (χ4v) is 4.43. The van der Waals surface area contributed by atoms with E-state index in [1.54, 1.807) is 18.5 Å². The van der Waals surface area contributed by atoms with Crippen molar-refractivity contribution in [1.29, 1.82) is 0 Å². The van der Waals surface area contributed by atoms with Crippen LogP contribution in [0.1, 0.15) is 45.3 Å². The van der Waals surface area contributed by atoms with Gasteiger partial charge in [0.2, 0.25) is 5.88 Å². The van der Waals surface area contributed by atoms with E-state index in [9.17, 15) is 4.79 Å². The Morgan fingerprint density at radius 2 is 1.94 bits per heavy atom. The third kappa shape index (κ3) is 3.80. The van der Waals surface area contributed by atoms with E-state index in [-0.39, 0.29) is 11.3 Å². The number of nitrogen functional groups attached to an aromatic ring is 1. The number of benzene rings is 1. The van der Waals surface area contributed by atoms with Crippen LogP contribution < -0.4 is 16.4 Å². The zero-order valence-corrected chi connectivity index (χ0v) is 20.2. The van der Waals surface area contributed by atoms with Gasteiger partial charge in [-0.1, -0.05) is 32.0 Å². The number of pyridine rings is 1. The summed E-state index contributed by atoms with van der Waals surface area (Å²) < 4.78 is 7.48. The molecule has 0 unspecified atom stereocenters. The van der Waals surface area contributed by atoms with E-state index in [0.29, 0.717) is 17.5 Å². The summed E-state index contributed by atoms with van der Waals surface area (Å²) >= 11 is 0. The number of anilines is 3. The van der Waals surface area contributed by atoms with Gasteiger partial charge in [0.25, 0.3) is 0 Å². The molecule has 0 spiro atoms. The van der Waals surface area contributed by atoms with Crippen LogP contribution in [0.25, 0.3) is 32.9 Å². The van der Waals surface area contributed by atoms with E-state index in [2.05, 4.69) is 41.5 Å². The Balaban J connectivity index is 1.37. The molecule has 2 amide bonds. The van der Waals surface area contributed by atoms with Gasteiger partial charge in [0.1, 0.15) is 17.8 Å². The average Bonchev–Trinajstić information content (AvgIpc) is 3.44. The fourth-order valence-electron chi connectivity index (χ4n) is 4.43. The van der Waals surface area contributed by atoms with Crippen LogP contribution in [0.4, 0.5) is 22.2 Å². The molecule has 0 radical (unpaired) electrons. The van der Waals surface area contributed by atoms with E-state index < -0.39 is 6.03 Å². The first-order valence-electron chi connectivity index (χ1n) is 11.8. The first-order valence-corrected chi connectivity index (χ1v) is 11.8. The number of carbonyl (C=O) groups excluding carboxylic acids is 1. The smallest absolute Gasteiger partial charge is 0.326 e. The molecule has 0 saturated heterocycles. The number of carbonyl (C=O) groups is 1. The second-order valence-electron chi connectivity index (χ2n) is 10.1. The highest BCUT2D eigenvalue weighted by Crippen LogP contribution is 2.43. The lowest BCUT2D eigenvalue weighted by Crippen LogP contribution is -2.19. The Hall–Kier alpha value is -4.47.